The second-order valence-electron chi connectivity index (χ2n) is 4.17. The average molecular weight is 124 g/mol. The van der Waals surface area contributed by atoms with Crippen LogP contribution in [0.15, 0.2) is 0 Å². The Kier molecular flexibility index (Phi) is 0.868. The van der Waals surface area contributed by atoms with E-state index in [4.69, 9.17) is 0 Å². The second-order valence-corrected chi connectivity index (χ2v) is 4.17. The molecule has 0 saturated heterocycles. The molecule has 0 heteroatoms. The van der Waals surface area contributed by atoms with Gasteiger partial charge in [-0.3, -0.25) is 0 Å². The van der Waals surface area contributed by atoms with Crippen LogP contribution < -0.4 is 0 Å². The summed E-state index contributed by atoms with van der Waals surface area (Å²) >= 11 is 0. The third-order valence-corrected chi connectivity index (χ3v) is 4.23. The molecule has 3 rings (SSSR count). The quantitative estimate of drug-likeness (QED) is 0.504. The van der Waals surface area contributed by atoms with E-state index in [-0.39, 0.29) is 0 Å². The summed E-state index contributed by atoms with van der Waals surface area (Å²) in [5.74, 6) is 3.29. The Morgan fingerprint density at radius 3 is 2.11 bits per heavy atom. The van der Waals surface area contributed by atoms with E-state index in [2.05, 4.69) is 20.8 Å². The Bertz CT molecular complexity index is 127. The molecule has 3 fully saturated rings. The lowest BCUT2D eigenvalue weighted by Crippen LogP contribution is -2.65. The predicted molar refractivity (Wildman–Crippen MR) is 39.2 cm³/mol. The zero-order chi connectivity index (χ0) is 6.65. The van der Waals surface area contributed by atoms with Gasteiger partial charge in [0.25, 0.3) is 0 Å². The minimum atomic E-state index is 0.791. The van der Waals surface area contributed by atoms with E-state index in [0.29, 0.717) is 0 Å². The molecule has 0 aromatic rings. The van der Waals surface area contributed by atoms with Crippen molar-refractivity contribution in [3.05, 3.63) is 0 Å². The van der Waals surface area contributed by atoms with E-state index in [1.165, 1.54) is 6.42 Å². The van der Waals surface area contributed by atoms with Crippen LogP contribution in [0, 0.1) is 23.2 Å². The molecule has 0 nitrogen and oxygen atoms in total. The summed E-state index contributed by atoms with van der Waals surface area (Å²) in [7, 11) is 0. The smallest absolute Gasteiger partial charge is 0.0266 e. The minimum absolute atomic E-state index is 0.791. The molecule has 0 aliphatic heterocycles. The van der Waals surface area contributed by atoms with Crippen molar-refractivity contribution in [1.82, 2.24) is 0 Å². The van der Waals surface area contributed by atoms with Crippen molar-refractivity contribution in [2.24, 2.45) is 23.2 Å². The maximum Gasteiger partial charge on any atom is -0.0266 e. The zero-order valence-corrected chi connectivity index (χ0v) is 6.65. The highest BCUT2D eigenvalue weighted by Gasteiger charge is 2.65. The first-order chi connectivity index (χ1) is 4.20. The molecule has 0 aromatic carbocycles. The largest absolute Gasteiger partial charge is 0.0648 e. The van der Waals surface area contributed by atoms with Gasteiger partial charge in [-0.1, -0.05) is 27.2 Å². The van der Waals surface area contributed by atoms with Crippen molar-refractivity contribution in [1.29, 1.82) is 0 Å². The maximum atomic E-state index is 2.46. The average Bonchev–Trinajstić information content (AvgIpc) is 1.81. The Morgan fingerprint density at radius 1 is 1.44 bits per heavy atom. The van der Waals surface area contributed by atoms with Crippen LogP contribution >= 0.6 is 0 Å². The lowest BCUT2D eigenvalue weighted by atomic mass is 9.33. The van der Waals surface area contributed by atoms with Gasteiger partial charge in [0.05, 0.1) is 0 Å². The summed E-state index contributed by atoms with van der Waals surface area (Å²) in [5.41, 5.74) is 0.791. The molecule has 2 unspecified atom stereocenters. The first-order valence-electron chi connectivity index (χ1n) is 4.20. The van der Waals surface area contributed by atoms with Crippen LogP contribution in [0.25, 0.3) is 0 Å². The van der Waals surface area contributed by atoms with Gasteiger partial charge in [0.2, 0.25) is 0 Å². The first kappa shape index (κ1) is 5.76. The summed E-state index contributed by atoms with van der Waals surface area (Å²) in [4.78, 5) is 0. The zero-order valence-electron chi connectivity index (χ0n) is 6.65. The van der Waals surface area contributed by atoms with Gasteiger partial charge in [0.15, 0.2) is 0 Å². The van der Waals surface area contributed by atoms with Crippen LogP contribution in [0.2, 0.25) is 0 Å². The number of rotatable bonds is 1. The molecular formula is C9H16. The Hall–Kier alpha value is 0. The fourth-order valence-electron chi connectivity index (χ4n) is 3.05. The van der Waals surface area contributed by atoms with E-state index >= 15 is 0 Å². The van der Waals surface area contributed by atoms with Gasteiger partial charge in [0.1, 0.15) is 0 Å². The molecule has 9 heavy (non-hydrogen) atoms. The molecule has 52 valence electrons. The predicted octanol–water partition coefficient (Wildman–Crippen LogP) is 2.69. The summed E-state index contributed by atoms with van der Waals surface area (Å²) in [6, 6.07) is 0. The number of hydrogen-bond donors (Lipinski definition) is 0. The molecule has 0 radical (unpaired) electrons. The van der Waals surface area contributed by atoms with Crippen LogP contribution in [0.1, 0.15) is 33.6 Å². The third-order valence-electron chi connectivity index (χ3n) is 4.23. The molecule has 3 aliphatic carbocycles. The summed E-state index contributed by atoms with van der Waals surface area (Å²) in [5, 5.41) is 0. The summed E-state index contributed by atoms with van der Waals surface area (Å²) in [6.45, 7) is 7.22. The van der Waals surface area contributed by atoms with Crippen LogP contribution in [-0.2, 0) is 0 Å². The van der Waals surface area contributed by atoms with Gasteiger partial charge in [0, 0.05) is 0 Å². The van der Waals surface area contributed by atoms with E-state index in [1.54, 1.807) is 6.42 Å². The maximum absolute atomic E-state index is 2.46. The van der Waals surface area contributed by atoms with Gasteiger partial charge in [-0.15, -0.1) is 0 Å². The van der Waals surface area contributed by atoms with E-state index in [9.17, 15) is 0 Å². The van der Waals surface area contributed by atoms with Crippen molar-refractivity contribution in [2.45, 2.75) is 33.6 Å². The number of hydrogen-bond acceptors (Lipinski definition) is 0. The van der Waals surface area contributed by atoms with E-state index in [0.717, 1.165) is 23.2 Å². The van der Waals surface area contributed by atoms with Crippen molar-refractivity contribution < 1.29 is 0 Å². The fraction of sp³-hybridized carbons (Fsp3) is 1.00. The Balaban J connectivity index is 2.08. The van der Waals surface area contributed by atoms with Crippen LogP contribution in [0.4, 0.5) is 0 Å². The van der Waals surface area contributed by atoms with Crippen molar-refractivity contribution >= 4 is 0 Å². The molecule has 0 N–H and O–H groups in total. The molecule has 2 atom stereocenters. The second kappa shape index (κ2) is 1.36. The highest BCUT2D eigenvalue weighted by molar-refractivity contribution is 5.13. The van der Waals surface area contributed by atoms with Crippen molar-refractivity contribution in [3.8, 4) is 0 Å². The van der Waals surface area contributed by atoms with Gasteiger partial charge in [-0.2, -0.15) is 0 Å². The van der Waals surface area contributed by atoms with Gasteiger partial charge >= 0.3 is 0 Å². The fourth-order valence-corrected chi connectivity index (χ4v) is 3.05. The summed E-state index contributed by atoms with van der Waals surface area (Å²) < 4.78 is 0. The van der Waals surface area contributed by atoms with E-state index in [1.807, 2.05) is 0 Å². The normalized spacial score (nSPS) is 62.3. The van der Waals surface area contributed by atoms with Gasteiger partial charge in [-0.05, 0) is 29.6 Å². The molecule has 0 aromatic heterocycles. The van der Waals surface area contributed by atoms with Crippen molar-refractivity contribution in [2.75, 3.05) is 0 Å². The summed E-state index contributed by atoms with van der Waals surface area (Å²) in [6.07, 6.45) is 2.96. The molecule has 3 aliphatic rings. The lowest BCUT2D eigenvalue weighted by molar-refractivity contribution is -0.231. The van der Waals surface area contributed by atoms with Crippen LogP contribution in [0.5, 0.6) is 0 Å². The first-order valence-corrected chi connectivity index (χ1v) is 4.20. The minimum Gasteiger partial charge on any atom is -0.0648 e. The molecule has 0 spiro atoms. The molecule has 3 saturated carbocycles. The van der Waals surface area contributed by atoms with Gasteiger partial charge < -0.3 is 0 Å². The lowest BCUT2D eigenvalue weighted by Gasteiger charge is -2.71. The molecule has 0 amide bonds. The standard InChI is InChI=1S/C9H16/c1-4-9(3)7-5-8(9)6(7)2/h6-8H,4-5H2,1-3H3. The Morgan fingerprint density at radius 2 is 2.00 bits per heavy atom. The highest BCUT2D eigenvalue weighted by atomic mass is 14.7. The van der Waals surface area contributed by atoms with Gasteiger partial charge in [-0.25, -0.2) is 0 Å². The molecule has 0 heterocycles. The van der Waals surface area contributed by atoms with Crippen LogP contribution in [0.3, 0.4) is 0 Å². The topological polar surface area (TPSA) is 0 Å². The molecule has 2 bridgehead atoms. The third kappa shape index (κ3) is 0.395. The molecular weight excluding hydrogens is 108 g/mol. The van der Waals surface area contributed by atoms with Crippen LogP contribution in [-0.4, -0.2) is 0 Å². The van der Waals surface area contributed by atoms with E-state index < -0.39 is 0 Å². The SMILES string of the molecule is CCC1(C)C2CC1C2C. The Labute approximate surface area is 57.6 Å². The van der Waals surface area contributed by atoms with Crippen molar-refractivity contribution in [3.63, 3.8) is 0 Å². The highest BCUT2D eigenvalue weighted by Crippen LogP contribution is 2.72. The monoisotopic (exact) mass is 124 g/mol.